The fraction of sp³-hybridized carbons (Fsp3) is 0.846. The van der Waals surface area contributed by atoms with Crippen molar-refractivity contribution in [1.29, 1.82) is 5.41 Å². The molecule has 0 radical (unpaired) electrons. The first kappa shape index (κ1) is 16.9. The number of unbranched alkanes of at least 4 members (excludes halogenated alkanes) is 2. The first-order valence-corrected chi connectivity index (χ1v) is 6.86. The maximum atomic E-state index is 12.0. The lowest BCUT2D eigenvalue weighted by Crippen LogP contribution is -2.36. The van der Waals surface area contributed by atoms with E-state index in [1.807, 2.05) is 6.92 Å². The number of guanidine groups is 1. The summed E-state index contributed by atoms with van der Waals surface area (Å²) in [6.07, 6.45) is 5.79. The number of Topliss-reactive ketones (excluding diaryl/α,β-unsaturated/α-hetero) is 1. The monoisotopic (exact) mass is 256 g/mol. The summed E-state index contributed by atoms with van der Waals surface area (Å²) in [6, 6.07) is -0.379. The smallest absolute Gasteiger partial charge is 0.185 e. The molecule has 0 heterocycles. The van der Waals surface area contributed by atoms with Gasteiger partial charge in [-0.1, -0.05) is 33.1 Å². The van der Waals surface area contributed by atoms with Crippen LogP contribution in [0.2, 0.25) is 0 Å². The molecule has 0 amide bonds. The molecule has 2 atom stereocenters. The van der Waals surface area contributed by atoms with E-state index in [0.29, 0.717) is 13.0 Å². The molecule has 0 aliphatic carbocycles. The van der Waals surface area contributed by atoms with Crippen molar-refractivity contribution in [3.05, 3.63) is 0 Å². The first-order valence-electron chi connectivity index (χ1n) is 6.86. The minimum Gasteiger partial charge on any atom is -0.370 e. The second-order valence-corrected chi connectivity index (χ2v) is 4.89. The average Bonchev–Trinajstić information content (AvgIpc) is 2.33. The van der Waals surface area contributed by atoms with Gasteiger partial charge in [-0.2, -0.15) is 0 Å². The molecule has 0 saturated heterocycles. The van der Waals surface area contributed by atoms with Crippen molar-refractivity contribution in [1.82, 2.24) is 5.32 Å². The van der Waals surface area contributed by atoms with Crippen LogP contribution in [0.15, 0.2) is 0 Å². The molecule has 0 saturated carbocycles. The summed E-state index contributed by atoms with van der Waals surface area (Å²) in [6.45, 7) is 4.71. The lowest BCUT2D eigenvalue weighted by Gasteiger charge is -2.16. The fourth-order valence-corrected chi connectivity index (χ4v) is 1.90. The number of rotatable bonds is 10. The zero-order valence-electron chi connectivity index (χ0n) is 11.7. The van der Waals surface area contributed by atoms with Crippen molar-refractivity contribution >= 4 is 11.7 Å². The summed E-state index contributed by atoms with van der Waals surface area (Å²) < 4.78 is 0. The van der Waals surface area contributed by atoms with Gasteiger partial charge in [-0.3, -0.25) is 10.2 Å². The normalized spacial score (nSPS) is 13.9. The van der Waals surface area contributed by atoms with Gasteiger partial charge < -0.3 is 16.8 Å². The van der Waals surface area contributed by atoms with Gasteiger partial charge in [0.25, 0.3) is 0 Å². The lowest BCUT2D eigenvalue weighted by atomic mass is 9.92. The van der Waals surface area contributed by atoms with Gasteiger partial charge in [0.05, 0.1) is 6.04 Å². The maximum Gasteiger partial charge on any atom is 0.185 e. The summed E-state index contributed by atoms with van der Waals surface area (Å²) >= 11 is 0. The molecule has 6 N–H and O–H groups in total. The van der Waals surface area contributed by atoms with E-state index in [1.165, 1.54) is 12.8 Å². The predicted octanol–water partition coefficient (Wildman–Crippen LogP) is 1.36. The van der Waals surface area contributed by atoms with Crippen LogP contribution >= 0.6 is 0 Å². The zero-order valence-corrected chi connectivity index (χ0v) is 11.7. The molecular weight excluding hydrogens is 228 g/mol. The van der Waals surface area contributed by atoms with Gasteiger partial charge in [-0.25, -0.2) is 0 Å². The summed E-state index contributed by atoms with van der Waals surface area (Å²) in [5.41, 5.74) is 11.0. The van der Waals surface area contributed by atoms with Gasteiger partial charge >= 0.3 is 0 Å². The summed E-state index contributed by atoms with van der Waals surface area (Å²) in [4.78, 5) is 12.0. The number of carbonyl (C=O) groups excluding carboxylic acids is 1. The van der Waals surface area contributed by atoms with E-state index in [9.17, 15) is 4.79 Å². The molecule has 0 aliphatic rings. The molecule has 0 rings (SSSR count). The van der Waals surface area contributed by atoms with Crippen LogP contribution in [-0.4, -0.2) is 24.3 Å². The van der Waals surface area contributed by atoms with Gasteiger partial charge in [0.15, 0.2) is 11.7 Å². The average molecular weight is 256 g/mol. The SMILES string of the molecule is CCCCCC(C)C(=O)[C@H](N)CCCNC(=N)N. The van der Waals surface area contributed by atoms with Gasteiger partial charge in [0.2, 0.25) is 0 Å². The zero-order chi connectivity index (χ0) is 14.0. The second-order valence-electron chi connectivity index (χ2n) is 4.89. The predicted molar refractivity (Wildman–Crippen MR) is 75.4 cm³/mol. The number of hydrogen-bond donors (Lipinski definition) is 4. The highest BCUT2D eigenvalue weighted by molar-refractivity contribution is 5.85. The first-order chi connectivity index (χ1) is 8.49. The van der Waals surface area contributed by atoms with Crippen LogP contribution in [0.3, 0.4) is 0 Å². The van der Waals surface area contributed by atoms with Crippen LogP contribution in [0.4, 0.5) is 0 Å². The van der Waals surface area contributed by atoms with E-state index >= 15 is 0 Å². The molecule has 5 nitrogen and oxygen atoms in total. The third-order valence-corrected chi connectivity index (χ3v) is 3.10. The standard InChI is InChI=1S/C13H28N4O/c1-3-4-5-7-10(2)12(18)11(14)8-6-9-17-13(15)16/h10-11H,3-9,14H2,1-2H3,(H4,15,16,17)/t10?,11-/m1/s1. The number of nitrogens with two attached hydrogens (primary N) is 2. The Hall–Kier alpha value is -1.10. The largest absolute Gasteiger partial charge is 0.370 e. The molecule has 0 fully saturated rings. The fourth-order valence-electron chi connectivity index (χ4n) is 1.90. The molecule has 5 heteroatoms. The Morgan fingerprint density at radius 2 is 1.94 bits per heavy atom. The van der Waals surface area contributed by atoms with Crippen molar-refractivity contribution in [2.75, 3.05) is 6.54 Å². The molecule has 0 aromatic heterocycles. The van der Waals surface area contributed by atoms with E-state index in [0.717, 1.165) is 19.3 Å². The molecule has 0 aliphatic heterocycles. The van der Waals surface area contributed by atoms with Crippen LogP contribution in [0.5, 0.6) is 0 Å². The van der Waals surface area contributed by atoms with Crippen LogP contribution in [0.1, 0.15) is 52.4 Å². The molecule has 0 spiro atoms. The highest BCUT2D eigenvalue weighted by Crippen LogP contribution is 2.13. The second kappa shape index (κ2) is 9.88. The van der Waals surface area contributed by atoms with E-state index in [-0.39, 0.29) is 23.7 Å². The third kappa shape index (κ3) is 8.06. The Kier molecular flexibility index (Phi) is 9.28. The van der Waals surface area contributed by atoms with Gasteiger partial charge in [0, 0.05) is 12.5 Å². The number of hydrogen-bond acceptors (Lipinski definition) is 3. The molecule has 1 unspecified atom stereocenters. The number of ketones is 1. The highest BCUT2D eigenvalue weighted by Gasteiger charge is 2.19. The summed E-state index contributed by atoms with van der Waals surface area (Å²) in [5.74, 6) is 0.184. The molecule has 18 heavy (non-hydrogen) atoms. The van der Waals surface area contributed by atoms with E-state index in [4.69, 9.17) is 16.9 Å². The summed E-state index contributed by atoms with van der Waals surface area (Å²) in [7, 11) is 0. The Morgan fingerprint density at radius 3 is 2.50 bits per heavy atom. The molecular formula is C13H28N4O. The van der Waals surface area contributed by atoms with Crippen LogP contribution in [-0.2, 0) is 4.79 Å². The lowest BCUT2D eigenvalue weighted by molar-refractivity contribution is -0.124. The van der Waals surface area contributed by atoms with E-state index in [2.05, 4.69) is 12.2 Å². The van der Waals surface area contributed by atoms with Crippen molar-refractivity contribution < 1.29 is 4.79 Å². The van der Waals surface area contributed by atoms with Gasteiger partial charge in [0.1, 0.15) is 0 Å². The molecule has 106 valence electrons. The molecule has 0 aromatic rings. The van der Waals surface area contributed by atoms with Crippen LogP contribution in [0, 0.1) is 11.3 Å². The van der Waals surface area contributed by atoms with E-state index < -0.39 is 0 Å². The van der Waals surface area contributed by atoms with Crippen LogP contribution in [0.25, 0.3) is 0 Å². The molecule has 0 aromatic carbocycles. The Morgan fingerprint density at radius 1 is 1.28 bits per heavy atom. The van der Waals surface area contributed by atoms with Crippen LogP contribution < -0.4 is 16.8 Å². The Labute approximate surface area is 110 Å². The van der Waals surface area contributed by atoms with Crippen molar-refractivity contribution in [3.63, 3.8) is 0 Å². The van der Waals surface area contributed by atoms with Gasteiger partial charge in [-0.15, -0.1) is 0 Å². The Bertz CT molecular complexity index is 255. The number of carbonyl (C=O) groups is 1. The highest BCUT2D eigenvalue weighted by atomic mass is 16.1. The van der Waals surface area contributed by atoms with Gasteiger partial charge in [-0.05, 0) is 19.3 Å². The topological polar surface area (TPSA) is 105 Å². The molecule has 0 bridgehead atoms. The Balaban J connectivity index is 3.76. The van der Waals surface area contributed by atoms with Crippen molar-refractivity contribution in [3.8, 4) is 0 Å². The van der Waals surface area contributed by atoms with E-state index in [1.54, 1.807) is 0 Å². The summed E-state index contributed by atoms with van der Waals surface area (Å²) in [5, 5.41) is 9.70. The quantitative estimate of drug-likeness (QED) is 0.269. The third-order valence-electron chi connectivity index (χ3n) is 3.10. The minimum atomic E-state index is -0.379. The minimum absolute atomic E-state index is 0.0390. The van der Waals surface area contributed by atoms with Crippen molar-refractivity contribution in [2.24, 2.45) is 17.4 Å². The number of nitrogens with one attached hydrogen (secondary N) is 2. The van der Waals surface area contributed by atoms with Crippen molar-refractivity contribution in [2.45, 2.75) is 58.4 Å². The maximum absolute atomic E-state index is 12.0.